The summed E-state index contributed by atoms with van der Waals surface area (Å²) < 4.78 is 0. The molecule has 0 saturated carbocycles. The van der Waals surface area contributed by atoms with Crippen molar-refractivity contribution >= 4 is 5.71 Å². The van der Waals surface area contributed by atoms with Crippen LogP contribution in [0.3, 0.4) is 0 Å². The van der Waals surface area contributed by atoms with E-state index < -0.39 is 0 Å². The molecule has 1 heterocycles. The molecule has 0 unspecified atom stereocenters. The molecule has 74 valence electrons. The van der Waals surface area contributed by atoms with E-state index in [-0.39, 0.29) is 0 Å². The van der Waals surface area contributed by atoms with Gasteiger partial charge in [-0.2, -0.15) is 0 Å². The molecule has 0 radical (unpaired) electrons. The van der Waals surface area contributed by atoms with E-state index in [1.54, 1.807) is 6.92 Å². The Morgan fingerprint density at radius 1 is 1.00 bits per heavy atom. The summed E-state index contributed by atoms with van der Waals surface area (Å²) in [4.78, 5) is 4.42. The van der Waals surface area contributed by atoms with Crippen molar-refractivity contribution in [3.05, 3.63) is 54.2 Å². The molecule has 0 amide bonds. The molecule has 15 heavy (non-hydrogen) atoms. The van der Waals surface area contributed by atoms with Crippen molar-refractivity contribution in [2.24, 2.45) is 0 Å². The van der Waals surface area contributed by atoms with E-state index in [0.29, 0.717) is 5.71 Å². The number of benzene rings is 1. The quantitative estimate of drug-likeness (QED) is 0.736. The highest BCUT2D eigenvalue weighted by molar-refractivity contribution is 5.94. The molecule has 0 fully saturated rings. The second-order valence-electron chi connectivity index (χ2n) is 3.40. The first kappa shape index (κ1) is 9.59. The van der Waals surface area contributed by atoms with Gasteiger partial charge >= 0.3 is 0 Å². The molecule has 2 aromatic rings. The second kappa shape index (κ2) is 4.05. The van der Waals surface area contributed by atoms with Crippen molar-refractivity contribution in [2.45, 2.75) is 6.92 Å². The lowest BCUT2D eigenvalue weighted by molar-refractivity contribution is 1.27. The molecule has 1 N–H and O–H groups in total. The topological polar surface area (TPSA) is 36.7 Å². The van der Waals surface area contributed by atoms with Crippen LogP contribution in [0.25, 0.3) is 11.3 Å². The monoisotopic (exact) mass is 196 g/mol. The number of pyridine rings is 1. The molecule has 0 atom stereocenters. The van der Waals surface area contributed by atoms with Crippen molar-refractivity contribution < 1.29 is 0 Å². The smallest absolute Gasteiger partial charge is 0.0841 e. The minimum Gasteiger partial charge on any atom is -0.303 e. The van der Waals surface area contributed by atoms with Crippen LogP contribution in [0.5, 0.6) is 0 Å². The van der Waals surface area contributed by atoms with E-state index in [0.717, 1.165) is 17.0 Å². The van der Waals surface area contributed by atoms with Crippen LogP contribution in [0.1, 0.15) is 12.6 Å². The predicted octanol–water partition coefficient (Wildman–Crippen LogP) is 3.14. The number of aromatic nitrogens is 1. The minimum absolute atomic E-state index is 0.493. The lowest BCUT2D eigenvalue weighted by Crippen LogP contribution is -1.97. The van der Waals surface area contributed by atoms with Gasteiger partial charge in [0, 0.05) is 5.56 Å². The Kier molecular flexibility index (Phi) is 2.59. The predicted molar refractivity (Wildman–Crippen MR) is 62.2 cm³/mol. The number of rotatable bonds is 2. The molecule has 0 bridgehead atoms. The first-order chi connectivity index (χ1) is 7.27. The molecule has 0 aliphatic rings. The van der Waals surface area contributed by atoms with Crippen LogP contribution in [0.4, 0.5) is 0 Å². The lowest BCUT2D eigenvalue weighted by atomic mass is 10.1. The summed E-state index contributed by atoms with van der Waals surface area (Å²) in [5.74, 6) is 0. The molecule has 2 rings (SSSR count). The van der Waals surface area contributed by atoms with Crippen molar-refractivity contribution in [1.29, 1.82) is 5.41 Å². The fourth-order valence-electron chi connectivity index (χ4n) is 1.41. The third-order valence-corrected chi connectivity index (χ3v) is 2.20. The van der Waals surface area contributed by atoms with Gasteiger partial charge in [-0.3, -0.25) is 0 Å². The Labute approximate surface area is 89.1 Å². The summed E-state index contributed by atoms with van der Waals surface area (Å²) in [6, 6.07) is 15.7. The maximum atomic E-state index is 7.53. The van der Waals surface area contributed by atoms with Gasteiger partial charge in [-0.25, -0.2) is 4.98 Å². The fourth-order valence-corrected chi connectivity index (χ4v) is 1.41. The highest BCUT2D eigenvalue weighted by Crippen LogP contribution is 2.16. The molecule has 0 saturated heterocycles. The van der Waals surface area contributed by atoms with Gasteiger partial charge in [0.05, 0.1) is 17.1 Å². The van der Waals surface area contributed by atoms with Gasteiger partial charge in [0.15, 0.2) is 0 Å². The van der Waals surface area contributed by atoms with E-state index in [1.165, 1.54) is 0 Å². The molecule has 2 nitrogen and oxygen atoms in total. The Morgan fingerprint density at radius 3 is 2.40 bits per heavy atom. The maximum Gasteiger partial charge on any atom is 0.0841 e. The molecule has 0 spiro atoms. The zero-order chi connectivity index (χ0) is 10.7. The van der Waals surface area contributed by atoms with E-state index in [1.807, 2.05) is 48.5 Å². The van der Waals surface area contributed by atoms with Gasteiger partial charge in [0.1, 0.15) is 0 Å². The van der Waals surface area contributed by atoms with Gasteiger partial charge in [-0.05, 0) is 19.1 Å². The van der Waals surface area contributed by atoms with E-state index in [4.69, 9.17) is 5.41 Å². The highest BCUT2D eigenvalue weighted by Gasteiger charge is 2.01. The van der Waals surface area contributed by atoms with Gasteiger partial charge in [-0.15, -0.1) is 0 Å². The lowest BCUT2D eigenvalue weighted by Gasteiger charge is -2.02. The largest absolute Gasteiger partial charge is 0.303 e. The Morgan fingerprint density at radius 2 is 1.73 bits per heavy atom. The van der Waals surface area contributed by atoms with Gasteiger partial charge in [0.2, 0.25) is 0 Å². The normalized spacial score (nSPS) is 9.93. The van der Waals surface area contributed by atoms with Crippen molar-refractivity contribution in [3.63, 3.8) is 0 Å². The molecule has 0 aliphatic carbocycles. The van der Waals surface area contributed by atoms with Crippen LogP contribution in [0.15, 0.2) is 48.5 Å². The molecular formula is C13H12N2. The summed E-state index contributed by atoms with van der Waals surface area (Å²) in [6.45, 7) is 1.75. The Hall–Kier alpha value is -1.96. The third kappa shape index (κ3) is 2.10. The van der Waals surface area contributed by atoms with Gasteiger partial charge < -0.3 is 5.41 Å². The van der Waals surface area contributed by atoms with Gasteiger partial charge in [0.25, 0.3) is 0 Å². The summed E-state index contributed by atoms with van der Waals surface area (Å²) in [6.07, 6.45) is 0. The highest BCUT2D eigenvalue weighted by atomic mass is 14.7. The number of hydrogen-bond donors (Lipinski definition) is 1. The number of nitrogens with zero attached hydrogens (tertiary/aromatic N) is 1. The van der Waals surface area contributed by atoms with E-state index >= 15 is 0 Å². The van der Waals surface area contributed by atoms with Crippen molar-refractivity contribution in [1.82, 2.24) is 4.98 Å². The minimum atomic E-state index is 0.493. The maximum absolute atomic E-state index is 7.53. The molecule has 2 heteroatoms. The zero-order valence-corrected chi connectivity index (χ0v) is 8.57. The molecule has 1 aromatic carbocycles. The summed E-state index contributed by atoms with van der Waals surface area (Å²) in [5, 5.41) is 7.53. The average molecular weight is 196 g/mol. The number of hydrogen-bond acceptors (Lipinski definition) is 2. The van der Waals surface area contributed by atoms with Crippen LogP contribution in [0.2, 0.25) is 0 Å². The number of nitrogens with one attached hydrogen (secondary N) is 1. The standard InChI is InChI=1S/C13H12N2/c1-10(14)12-8-5-9-13(15-12)11-6-3-2-4-7-11/h2-9,14H,1H3. The zero-order valence-electron chi connectivity index (χ0n) is 8.57. The Bertz CT molecular complexity index is 475. The first-order valence-electron chi connectivity index (χ1n) is 4.85. The van der Waals surface area contributed by atoms with Crippen molar-refractivity contribution in [2.75, 3.05) is 0 Å². The van der Waals surface area contributed by atoms with Crippen LogP contribution in [-0.4, -0.2) is 10.7 Å². The van der Waals surface area contributed by atoms with Gasteiger partial charge in [-0.1, -0.05) is 36.4 Å². The summed E-state index contributed by atoms with van der Waals surface area (Å²) in [5.41, 5.74) is 3.23. The Balaban J connectivity index is 2.46. The van der Waals surface area contributed by atoms with Crippen LogP contribution >= 0.6 is 0 Å². The molecular weight excluding hydrogens is 184 g/mol. The van der Waals surface area contributed by atoms with Crippen LogP contribution in [-0.2, 0) is 0 Å². The fraction of sp³-hybridized carbons (Fsp3) is 0.0769. The van der Waals surface area contributed by atoms with Crippen molar-refractivity contribution in [3.8, 4) is 11.3 Å². The van der Waals surface area contributed by atoms with E-state index in [2.05, 4.69) is 4.98 Å². The molecule has 1 aromatic heterocycles. The summed E-state index contributed by atoms with van der Waals surface area (Å²) >= 11 is 0. The van der Waals surface area contributed by atoms with Crippen LogP contribution in [0, 0.1) is 5.41 Å². The third-order valence-electron chi connectivity index (χ3n) is 2.20. The summed E-state index contributed by atoms with van der Waals surface area (Å²) in [7, 11) is 0. The van der Waals surface area contributed by atoms with E-state index in [9.17, 15) is 0 Å². The second-order valence-corrected chi connectivity index (χ2v) is 3.40. The average Bonchev–Trinajstić information content (AvgIpc) is 2.30. The molecule has 0 aliphatic heterocycles. The first-order valence-corrected chi connectivity index (χ1v) is 4.85. The SMILES string of the molecule is CC(=N)c1cccc(-c2ccccc2)n1. The van der Waals surface area contributed by atoms with Crippen LogP contribution < -0.4 is 0 Å².